The standard InChI is InChI=1S/C17H23NO/c1-11(15(18)19)12-6-7-13-14(10-12)17(4,5)9-8-16(13,2)3/h6-7,10H,1,8-9H2,2-5H3,(H2,18,19). The van der Waals surface area contributed by atoms with Crippen molar-refractivity contribution < 1.29 is 4.79 Å². The smallest absolute Gasteiger partial charge is 0.248 e. The van der Waals surface area contributed by atoms with E-state index < -0.39 is 5.91 Å². The molecule has 0 fully saturated rings. The van der Waals surface area contributed by atoms with Gasteiger partial charge in [-0.15, -0.1) is 0 Å². The first-order valence-corrected chi connectivity index (χ1v) is 6.79. The Morgan fingerprint density at radius 3 is 2.16 bits per heavy atom. The topological polar surface area (TPSA) is 43.1 Å². The fourth-order valence-corrected chi connectivity index (χ4v) is 2.92. The van der Waals surface area contributed by atoms with E-state index in [-0.39, 0.29) is 10.8 Å². The monoisotopic (exact) mass is 257 g/mol. The van der Waals surface area contributed by atoms with Crippen LogP contribution in [0.15, 0.2) is 24.8 Å². The Kier molecular flexibility index (Phi) is 3.08. The fraction of sp³-hybridized carbons (Fsp3) is 0.471. The van der Waals surface area contributed by atoms with Crippen LogP contribution in [0.25, 0.3) is 5.57 Å². The number of hydrogen-bond donors (Lipinski definition) is 1. The van der Waals surface area contributed by atoms with Crippen molar-refractivity contribution in [2.24, 2.45) is 5.73 Å². The zero-order valence-corrected chi connectivity index (χ0v) is 12.3. The summed E-state index contributed by atoms with van der Waals surface area (Å²) in [5.74, 6) is -0.451. The van der Waals surface area contributed by atoms with Gasteiger partial charge in [0, 0.05) is 5.57 Å². The van der Waals surface area contributed by atoms with E-state index in [4.69, 9.17) is 5.73 Å². The van der Waals surface area contributed by atoms with Crippen LogP contribution in [0, 0.1) is 0 Å². The summed E-state index contributed by atoms with van der Waals surface area (Å²) in [5, 5.41) is 0. The summed E-state index contributed by atoms with van der Waals surface area (Å²) in [6, 6.07) is 6.21. The zero-order valence-electron chi connectivity index (χ0n) is 12.3. The molecule has 0 radical (unpaired) electrons. The maximum absolute atomic E-state index is 11.3. The predicted molar refractivity (Wildman–Crippen MR) is 80.0 cm³/mol. The lowest BCUT2D eigenvalue weighted by Crippen LogP contribution is -2.34. The van der Waals surface area contributed by atoms with Crippen molar-refractivity contribution in [2.75, 3.05) is 0 Å². The third-order valence-corrected chi connectivity index (χ3v) is 4.50. The molecule has 0 bridgehead atoms. The van der Waals surface area contributed by atoms with E-state index in [0.717, 1.165) is 12.0 Å². The van der Waals surface area contributed by atoms with Gasteiger partial charge in [0.1, 0.15) is 0 Å². The molecule has 0 aliphatic heterocycles. The van der Waals surface area contributed by atoms with Gasteiger partial charge in [0.05, 0.1) is 0 Å². The van der Waals surface area contributed by atoms with Gasteiger partial charge in [0.2, 0.25) is 5.91 Å². The van der Waals surface area contributed by atoms with Gasteiger partial charge in [-0.2, -0.15) is 0 Å². The lowest BCUT2D eigenvalue weighted by Gasteiger charge is -2.42. The number of nitrogens with two attached hydrogens (primary N) is 1. The summed E-state index contributed by atoms with van der Waals surface area (Å²) >= 11 is 0. The van der Waals surface area contributed by atoms with Crippen LogP contribution in [-0.2, 0) is 15.6 Å². The summed E-state index contributed by atoms with van der Waals surface area (Å²) in [5.41, 5.74) is 9.59. The van der Waals surface area contributed by atoms with E-state index in [1.165, 1.54) is 17.5 Å². The van der Waals surface area contributed by atoms with Gasteiger partial charge in [0.25, 0.3) is 0 Å². The summed E-state index contributed by atoms with van der Waals surface area (Å²) in [4.78, 5) is 11.3. The van der Waals surface area contributed by atoms with Crippen molar-refractivity contribution in [3.8, 4) is 0 Å². The molecule has 1 aromatic carbocycles. The van der Waals surface area contributed by atoms with Crippen LogP contribution >= 0.6 is 0 Å². The van der Waals surface area contributed by atoms with Gasteiger partial charge in [0.15, 0.2) is 0 Å². The number of amides is 1. The lowest BCUT2D eigenvalue weighted by molar-refractivity contribution is -0.112. The minimum atomic E-state index is -0.451. The van der Waals surface area contributed by atoms with E-state index in [0.29, 0.717) is 5.57 Å². The normalized spacial score (nSPS) is 19.6. The molecule has 2 heteroatoms. The summed E-state index contributed by atoms with van der Waals surface area (Å²) in [7, 11) is 0. The highest BCUT2D eigenvalue weighted by Crippen LogP contribution is 2.46. The van der Waals surface area contributed by atoms with Crippen LogP contribution in [0.2, 0.25) is 0 Å². The highest BCUT2D eigenvalue weighted by molar-refractivity contribution is 6.17. The molecule has 0 saturated carbocycles. The average Bonchev–Trinajstić information content (AvgIpc) is 2.33. The molecule has 1 aliphatic rings. The molecule has 2 rings (SSSR count). The van der Waals surface area contributed by atoms with Gasteiger partial charge >= 0.3 is 0 Å². The second-order valence-corrected chi connectivity index (χ2v) is 6.87. The Balaban J connectivity index is 2.60. The molecule has 19 heavy (non-hydrogen) atoms. The van der Waals surface area contributed by atoms with Crippen LogP contribution in [0.3, 0.4) is 0 Å². The maximum atomic E-state index is 11.3. The van der Waals surface area contributed by atoms with Crippen LogP contribution in [0.5, 0.6) is 0 Å². The van der Waals surface area contributed by atoms with Gasteiger partial charge < -0.3 is 5.73 Å². The largest absolute Gasteiger partial charge is 0.366 e. The lowest BCUT2D eigenvalue weighted by atomic mass is 9.63. The van der Waals surface area contributed by atoms with Gasteiger partial charge in [-0.1, -0.05) is 52.5 Å². The second-order valence-electron chi connectivity index (χ2n) is 6.87. The van der Waals surface area contributed by atoms with Crippen LogP contribution in [0.4, 0.5) is 0 Å². The Bertz CT molecular complexity index is 552. The molecule has 2 nitrogen and oxygen atoms in total. The Morgan fingerprint density at radius 1 is 1.11 bits per heavy atom. The molecule has 0 atom stereocenters. The average molecular weight is 257 g/mol. The van der Waals surface area contributed by atoms with Crippen molar-refractivity contribution in [1.82, 2.24) is 0 Å². The van der Waals surface area contributed by atoms with E-state index in [9.17, 15) is 4.79 Å². The summed E-state index contributed by atoms with van der Waals surface area (Å²) in [6.07, 6.45) is 2.34. The van der Waals surface area contributed by atoms with Crippen molar-refractivity contribution >= 4 is 11.5 Å². The van der Waals surface area contributed by atoms with Crippen molar-refractivity contribution in [1.29, 1.82) is 0 Å². The molecule has 1 aliphatic carbocycles. The van der Waals surface area contributed by atoms with Gasteiger partial charge in [-0.3, -0.25) is 4.79 Å². The van der Waals surface area contributed by atoms with E-state index in [1.807, 2.05) is 6.07 Å². The first-order chi connectivity index (χ1) is 8.65. The maximum Gasteiger partial charge on any atom is 0.248 e. The molecule has 0 aromatic heterocycles. The van der Waals surface area contributed by atoms with Crippen molar-refractivity contribution in [3.63, 3.8) is 0 Å². The fourth-order valence-electron chi connectivity index (χ4n) is 2.92. The first kappa shape index (κ1) is 13.9. The SMILES string of the molecule is C=C(C(N)=O)c1ccc2c(c1)C(C)(C)CCC2(C)C. The zero-order chi connectivity index (χ0) is 14.4. The van der Waals surface area contributed by atoms with Crippen LogP contribution < -0.4 is 5.73 Å². The molecular formula is C17H23NO. The van der Waals surface area contributed by atoms with Crippen molar-refractivity contribution in [2.45, 2.75) is 51.4 Å². The number of hydrogen-bond acceptors (Lipinski definition) is 1. The number of rotatable bonds is 2. The number of carbonyl (C=O) groups is 1. The third-order valence-electron chi connectivity index (χ3n) is 4.50. The van der Waals surface area contributed by atoms with Crippen LogP contribution in [-0.4, -0.2) is 5.91 Å². The van der Waals surface area contributed by atoms with E-state index >= 15 is 0 Å². The molecule has 1 amide bonds. The van der Waals surface area contributed by atoms with E-state index in [2.05, 4.69) is 46.4 Å². The highest BCUT2D eigenvalue weighted by Gasteiger charge is 2.37. The molecule has 0 unspecified atom stereocenters. The van der Waals surface area contributed by atoms with Crippen LogP contribution in [0.1, 0.15) is 57.2 Å². The Labute approximate surface area is 115 Å². The second kappa shape index (κ2) is 4.22. The van der Waals surface area contributed by atoms with Gasteiger partial charge in [-0.25, -0.2) is 0 Å². The van der Waals surface area contributed by atoms with Crippen molar-refractivity contribution in [3.05, 3.63) is 41.5 Å². The first-order valence-electron chi connectivity index (χ1n) is 6.79. The molecule has 0 spiro atoms. The summed E-state index contributed by atoms with van der Waals surface area (Å²) < 4.78 is 0. The Hall–Kier alpha value is -1.57. The van der Waals surface area contributed by atoms with E-state index in [1.54, 1.807) is 0 Å². The number of primary amides is 1. The number of carbonyl (C=O) groups excluding carboxylic acids is 1. The minimum Gasteiger partial charge on any atom is -0.366 e. The molecular weight excluding hydrogens is 234 g/mol. The van der Waals surface area contributed by atoms with Gasteiger partial charge in [-0.05, 0) is 40.4 Å². The predicted octanol–water partition coefficient (Wildman–Crippen LogP) is 3.53. The molecule has 102 valence electrons. The molecule has 0 saturated heterocycles. The number of benzene rings is 1. The Morgan fingerprint density at radius 2 is 1.63 bits per heavy atom. The summed E-state index contributed by atoms with van der Waals surface area (Å²) in [6.45, 7) is 12.9. The molecule has 1 aromatic rings. The molecule has 2 N–H and O–H groups in total. The highest BCUT2D eigenvalue weighted by atomic mass is 16.1. The molecule has 0 heterocycles. The number of fused-ring (bicyclic) bond motifs is 1. The quantitative estimate of drug-likeness (QED) is 0.809. The third kappa shape index (κ3) is 2.32. The minimum absolute atomic E-state index is 0.138.